The van der Waals surface area contributed by atoms with Crippen LogP contribution in [0.4, 0.5) is 0 Å². The summed E-state index contributed by atoms with van der Waals surface area (Å²) in [4.78, 5) is 3.13. The number of unbranched alkanes of at least 4 members (excludes halogenated alkanes) is 10. The molecule has 0 saturated heterocycles. The maximum atomic E-state index is 2.41. The monoisotopic (exact) mass is 424 g/mol. The average Bonchev–Trinajstić information content (AvgIpc) is 3.06. The van der Waals surface area contributed by atoms with Gasteiger partial charge in [0.2, 0.25) is 0 Å². The minimum Gasteiger partial charge on any atom is -0.324 e. The molecule has 1 aromatic heterocycles. The lowest BCUT2D eigenvalue weighted by Gasteiger charge is -2.30. The second-order valence-corrected chi connectivity index (χ2v) is 11.8. The predicted molar refractivity (Wildman–Crippen MR) is 132 cm³/mol. The molecule has 1 aromatic rings. The third-order valence-corrected chi connectivity index (χ3v) is 7.17. The van der Waals surface area contributed by atoms with Crippen LogP contribution in [0.1, 0.15) is 101 Å². The minimum atomic E-state index is 1.13. The molecule has 1 heterocycles. The molecule has 0 atom stereocenters. The van der Waals surface area contributed by atoms with Crippen LogP contribution in [0.5, 0.6) is 0 Å². The van der Waals surface area contributed by atoms with Crippen LogP contribution in [0.15, 0.2) is 12.1 Å². The highest BCUT2D eigenvalue weighted by molar-refractivity contribution is 7.11. The smallest absolute Gasteiger partial charge is 0.113 e. The van der Waals surface area contributed by atoms with E-state index in [1.807, 2.05) is 0 Å². The van der Waals surface area contributed by atoms with Crippen LogP contribution in [-0.2, 0) is 13.1 Å². The highest BCUT2D eigenvalue weighted by Gasteiger charge is 2.20. The zero-order chi connectivity index (χ0) is 21.6. The molecule has 3 heteroatoms. The van der Waals surface area contributed by atoms with Crippen molar-refractivity contribution >= 4 is 11.3 Å². The number of hydrogen-bond acceptors (Lipinski definition) is 1. The Kier molecular flexibility index (Phi) is 13.4. The lowest BCUT2D eigenvalue weighted by Crippen LogP contribution is -2.39. The number of rotatable bonds is 18. The highest BCUT2D eigenvalue weighted by atomic mass is 32.1. The molecular formula is C26H52N2S+2. The van der Waals surface area contributed by atoms with E-state index in [-0.39, 0.29) is 0 Å². The largest absolute Gasteiger partial charge is 0.324 e. The summed E-state index contributed by atoms with van der Waals surface area (Å²) in [6.45, 7) is 9.57. The maximum absolute atomic E-state index is 2.41. The molecule has 0 bridgehead atoms. The number of quaternary nitrogens is 2. The Hall–Kier alpha value is -0.380. The van der Waals surface area contributed by atoms with Crippen molar-refractivity contribution in [2.24, 2.45) is 0 Å². The normalized spacial score (nSPS) is 12.6. The molecule has 0 aliphatic heterocycles. The van der Waals surface area contributed by atoms with Gasteiger partial charge >= 0.3 is 0 Å². The molecule has 170 valence electrons. The number of hydrogen-bond donors (Lipinski definition) is 0. The summed E-state index contributed by atoms with van der Waals surface area (Å²) in [6, 6.07) is 4.79. The van der Waals surface area contributed by atoms with E-state index in [9.17, 15) is 0 Å². The van der Waals surface area contributed by atoms with Gasteiger partial charge in [0, 0.05) is 0 Å². The van der Waals surface area contributed by atoms with Gasteiger partial charge in [-0.15, -0.1) is 11.3 Å². The van der Waals surface area contributed by atoms with Crippen LogP contribution >= 0.6 is 11.3 Å². The number of thiophene rings is 1. The van der Waals surface area contributed by atoms with Gasteiger partial charge in [0.25, 0.3) is 0 Å². The third kappa shape index (κ3) is 13.5. The molecule has 0 N–H and O–H groups in total. The summed E-state index contributed by atoms with van der Waals surface area (Å²) in [7, 11) is 9.63. The lowest BCUT2D eigenvalue weighted by atomic mass is 10.1. The van der Waals surface area contributed by atoms with Crippen molar-refractivity contribution in [2.45, 2.75) is 104 Å². The molecular weight excluding hydrogens is 372 g/mol. The molecule has 0 saturated carbocycles. The van der Waals surface area contributed by atoms with E-state index < -0.39 is 0 Å². The van der Waals surface area contributed by atoms with Crippen molar-refractivity contribution < 1.29 is 8.97 Å². The van der Waals surface area contributed by atoms with E-state index >= 15 is 0 Å². The van der Waals surface area contributed by atoms with Gasteiger partial charge in [0.15, 0.2) is 0 Å². The first-order chi connectivity index (χ1) is 13.8. The van der Waals surface area contributed by atoms with Gasteiger partial charge in [0.1, 0.15) is 13.1 Å². The molecule has 0 spiro atoms. The molecule has 0 radical (unpaired) electrons. The Morgan fingerprint density at radius 3 is 1.28 bits per heavy atom. The quantitative estimate of drug-likeness (QED) is 0.168. The van der Waals surface area contributed by atoms with Crippen molar-refractivity contribution in [3.63, 3.8) is 0 Å². The van der Waals surface area contributed by atoms with E-state index in [4.69, 9.17) is 0 Å². The fraction of sp³-hybridized carbons (Fsp3) is 0.846. The van der Waals surface area contributed by atoms with Crippen LogP contribution in [0.2, 0.25) is 0 Å². The molecule has 1 rings (SSSR count). The number of nitrogens with zero attached hydrogens (tertiary/aromatic N) is 2. The van der Waals surface area contributed by atoms with Gasteiger partial charge in [-0.2, -0.15) is 0 Å². The van der Waals surface area contributed by atoms with Crippen LogP contribution < -0.4 is 0 Å². The van der Waals surface area contributed by atoms with E-state index in [1.54, 1.807) is 9.75 Å². The van der Waals surface area contributed by atoms with Crippen molar-refractivity contribution in [3.05, 3.63) is 21.9 Å². The van der Waals surface area contributed by atoms with Crippen molar-refractivity contribution in [2.75, 3.05) is 41.3 Å². The summed E-state index contributed by atoms with van der Waals surface area (Å²) in [5.41, 5.74) is 0. The van der Waals surface area contributed by atoms with Gasteiger partial charge in [-0.25, -0.2) is 0 Å². The summed E-state index contributed by atoms with van der Waals surface area (Å²) < 4.78 is 2.26. The van der Waals surface area contributed by atoms with E-state index in [0.717, 1.165) is 8.97 Å². The van der Waals surface area contributed by atoms with E-state index in [2.05, 4.69) is 65.5 Å². The van der Waals surface area contributed by atoms with Crippen molar-refractivity contribution in [3.8, 4) is 0 Å². The topological polar surface area (TPSA) is 0 Å². The molecule has 29 heavy (non-hydrogen) atoms. The van der Waals surface area contributed by atoms with Gasteiger partial charge in [-0.3, -0.25) is 0 Å². The standard InChI is InChI=1S/C26H52N2S/c1-7-9-11-13-15-17-21-27(3,4)23-25-19-20-26(29-25)24-28(5,6)22-18-16-14-12-10-8-2/h19-20H,7-18,21-24H2,1-6H3/q+2. The Balaban J connectivity index is 2.32. The van der Waals surface area contributed by atoms with E-state index in [1.165, 1.54) is 103 Å². The zero-order valence-corrected chi connectivity index (χ0v) is 21.6. The average molecular weight is 425 g/mol. The first-order valence-corrected chi connectivity index (χ1v) is 13.3. The summed E-state index contributed by atoms with van der Waals surface area (Å²) in [5.74, 6) is 0. The van der Waals surface area contributed by atoms with E-state index in [0.29, 0.717) is 0 Å². The second kappa shape index (κ2) is 14.6. The Bertz CT molecular complexity index is 474. The van der Waals surface area contributed by atoms with Gasteiger partial charge < -0.3 is 8.97 Å². The summed E-state index contributed by atoms with van der Waals surface area (Å²) in [6.07, 6.45) is 16.7. The molecule has 0 fully saturated rings. The van der Waals surface area contributed by atoms with Gasteiger partial charge in [0.05, 0.1) is 51.0 Å². The first-order valence-electron chi connectivity index (χ1n) is 12.5. The van der Waals surface area contributed by atoms with Crippen LogP contribution in [0, 0.1) is 0 Å². The second-order valence-electron chi connectivity index (χ2n) is 10.5. The first kappa shape index (κ1) is 26.7. The Morgan fingerprint density at radius 1 is 0.552 bits per heavy atom. The van der Waals surface area contributed by atoms with Crippen molar-refractivity contribution in [1.82, 2.24) is 0 Å². The van der Waals surface area contributed by atoms with Crippen LogP contribution in [0.3, 0.4) is 0 Å². The molecule has 0 unspecified atom stereocenters. The molecule has 0 aliphatic carbocycles. The maximum Gasteiger partial charge on any atom is 0.113 e. The fourth-order valence-corrected chi connectivity index (χ4v) is 5.67. The lowest BCUT2D eigenvalue weighted by molar-refractivity contribution is -0.903. The zero-order valence-electron chi connectivity index (χ0n) is 20.8. The molecule has 2 nitrogen and oxygen atoms in total. The van der Waals surface area contributed by atoms with Crippen LogP contribution in [0.25, 0.3) is 0 Å². The fourth-order valence-electron chi connectivity index (χ4n) is 4.23. The Labute approximate surface area is 187 Å². The predicted octanol–water partition coefficient (Wildman–Crippen LogP) is 7.62. The highest BCUT2D eigenvalue weighted by Crippen LogP contribution is 2.24. The van der Waals surface area contributed by atoms with Gasteiger partial charge in [-0.05, 0) is 37.8 Å². The van der Waals surface area contributed by atoms with Crippen LogP contribution in [-0.4, -0.2) is 50.2 Å². The van der Waals surface area contributed by atoms with Gasteiger partial charge in [-0.1, -0.05) is 65.2 Å². The summed E-state index contributed by atoms with van der Waals surface area (Å²) in [5, 5.41) is 0. The molecule has 0 aliphatic rings. The Morgan fingerprint density at radius 2 is 0.897 bits per heavy atom. The third-order valence-electron chi connectivity index (χ3n) is 6.12. The minimum absolute atomic E-state index is 1.13. The van der Waals surface area contributed by atoms with Crippen molar-refractivity contribution in [1.29, 1.82) is 0 Å². The summed E-state index contributed by atoms with van der Waals surface area (Å²) >= 11 is 2.06. The SMILES string of the molecule is CCCCCCCC[N+](C)(C)Cc1ccc(C[N+](C)(C)CCCCCCCC)s1. The molecule has 0 aromatic carbocycles. The molecule has 0 amide bonds.